The maximum absolute atomic E-state index is 10.1. The average Bonchev–Trinajstić information content (AvgIpc) is 1.86. The molecule has 4 nitrogen and oxygen atoms in total. The van der Waals surface area contributed by atoms with Crippen molar-refractivity contribution in [1.82, 2.24) is 10.6 Å². The Balaban J connectivity index is 3.91. The summed E-state index contributed by atoms with van der Waals surface area (Å²) in [5.41, 5.74) is 0.662. The lowest BCUT2D eigenvalue weighted by Crippen LogP contribution is -2.20. The fourth-order valence-corrected chi connectivity index (χ4v) is 0.551. The van der Waals surface area contributed by atoms with Crippen LogP contribution in [0.1, 0.15) is 0 Å². The molecule has 0 saturated heterocycles. The van der Waals surface area contributed by atoms with Crippen LogP contribution >= 0.6 is 0 Å². The number of likely N-dealkylation sites (N-methyl/N-ethyl adjacent to an activating group) is 2. The Kier molecular flexibility index (Phi) is 4.32. The molecule has 0 aliphatic heterocycles. The predicted octanol–water partition coefficient (Wildman–Crippen LogP) is -0.606. The molecule has 10 heavy (non-hydrogen) atoms. The number of aliphatic carboxylic acids is 1. The van der Waals surface area contributed by atoms with Gasteiger partial charge in [-0.15, -0.1) is 0 Å². The van der Waals surface area contributed by atoms with Gasteiger partial charge in [-0.1, -0.05) is 0 Å². The molecule has 0 aromatic carbocycles. The van der Waals surface area contributed by atoms with Crippen LogP contribution in [0.3, 0.4) is 0 Å². The molecule has 0 bridgehead atoms. The van der Waals surface area contributed by atoms with Crippen LogP contribution in [0.15, 0.2) is 11.8 Å². The Morgan fingerprint density at radius 2 is 2.20 bits per heavy atom. The minimum Gasteiger partial charge on any atom is -0.478 e. The van der Waals surface area contributed by atoms with E-state index in [-0.39, 0.29) is 0 Å². The molecule has 0 aromatic heterocycles. The first-order valence-corrected chi connectivity index (χ1v) is 2.96. The Morgan fingerprint density at radius 3 is 2.50 bits per heavy atom. The number of hydrogen-bond donors (Lipinski definition) is 3. The summed E-state index contributed by atoms with van der Waals surface area (Å²) >= 11 is 0. The molecule has 0 aliphatic rings. The molecule has 0 unspecified atom stereocenters. The third-order valence-corrected chi connectivity index (χ3v) is 0.986. The predicted molar refractivity (Wildman–Crippen MR) is 38.7 cm³/mol. The van der Waals surface area contributed by atoms with Crippen molar-refractivity contribution in [3.8, 4) is 0 Å². The molecule has 0 saturated carbocycles. The van der Waals surface area contributed by atoms with Crippen molar-refractivity contribution in [1.29, 1.82) is 0 Å². The van der Waals surface area contributed by atoms with Crippen LogP contribution in [0.5, 0.6) is 0 Å². The van der Waals surface area contributed by atoms with Gasteiger partial charge in [0.05, 0.1) is 0 Å². The van der Waals surface area contributed by atoms with E-state index >= 15 is 0 Å². The van der Waals surface area contributed by atoms with E-state index in [0.717, 1.165) is 6.08 Å². The highest BCUT2D eigenvalue weighted by Gasteiger charge is 1.94. The van der Waals surface area contributed by atoms with Crippen molar-refractivity contribution in [3.63, 3.8) is 0 Å². The molecule has 0 spiro atoms. The maximum atomic E-state index is 10.1. The highest BCUT2D eigenvalue weighted by Crippen LogP contribution is 1.83. The minimum atomic E-state index is -0.931. The molecule has 0 atom stereocenters. The second-order valence-electron chi connectivity index (χ2n) is 1.79. The molecule has 0 heterocycles. The van der Waals surface area contributed by atoms with Crippen molar-refractivity contribution >= 4 is 5.97 Å². The van der Waals surface area contributed by atoms with Gasteiger partial charge in [0.2, 0.25) is 0 Å². The van der Waals surface area contributed by atoms with Crippen LogP contribution in [0, 0.1) is 0 Å². The van der Waals surface area contributed by atoms with Crippen molar-refractivity contribution in [2.75, 3.05) is 20.6 Å². The quantitative estimate of drug-likeness (QED) is 0.461. The van der Waals surface area contributed by atoms with Crippen molar-refractivity contribution in [2.45, 2.75) is 0 Å². The van der Waals surface area contributed by atoms with Gasteiger partial charge in [-0.05, 0) is 7.05 Å². The number of nitrogens with one attached hydrogen (secondary N) is 2. The summed E-state index contributed by atoms with van der Waals surface area (Å²) in [5.74, 6) is -0.931. The largest absolute Gasteiger partial charge is 0.478 e. The molecule has 58 valence electrons. The first-order valence-electron chi connectivity index (χ1n) is 2.96. The second kappa shape index (κ2) is 4.81. The number of hydrogen-bond acceptors (Lipinski definition) is 3. The second-order valence-corrected chi connectivity index (χ2v) is 1.79. The van der Waals surface area contributed by atoms with Crippen LogP contribution in [0.2, 0.25) is 0 Å². The lowest BCUT2D eigenvalue weighted by Gasteiger charge is -2.02. The molecule has 4 heteroatoms. The highest BCUT2D eigenvalue weighted by molar-refractivity contribution is 5.80. The molecular formula is C6H12N2O2. The first-order chi connectivity index (χ1) is 4.70. The lowest BCUT2D eigenvalue weighted by molar-refractivity contribution is -0.131. The molecule has 0 rings (SSSR count). The molecule has 3 N–H and O–H groups in total. The van der Waals surface area contributed by atoms with Gasteiger partial charge in [-0.3, -0.25) is 0 Å². The standard InChI is InChI=1S/C6H12N2O2/c1-7-4-5(8-2)3-6(9)10/h3,7-8H,4H2,1-2H3,(H,9,10)/b5-3-. The Hall–Kier alpha value is -1.03. The number of carboxylic acids is 1. The zero-order chi connectivity index (χ0) is 7.98. The highest BCUT2D eigenvalue weighted by atomic mass is 16.4. The van der Waals surface area contributed by atoms with Gasteiger partial charge in [-0.25, -0.2) is 4.79 Å². The third-order valence-electron chi connectivity index (χ3n) is 0.986. The van der Waals surface area contributed by atoms with Crippen molar-refractivity contribution in [3.05, 3.63) is 11.8 Å². The summed E-state index contributed by atoms with van der Waals surface area (Å²) in [5, 5.41) is 13.9. The van der Waals surface area contributed by atoms with Crippen LogP contribution in [-0.4, -0.2) is 31.7 Å². The molecule has 0 aliphatic carbocycles. The van der Waals surface area contributed by atoms with Crippen molar-refractivity contribution in [2.24, 2.45) is 0 Å². The summed E-state index contributed by atoms with van der Waals surface area (Å²) in [6, 6.07) is 0. The van der Waals surface area contributed by atoms with Gasteiger partial charge >= 0.3 is 5.97 Å². The molecule has 0 fully saturated rings. The number of carbonyl (C=O) groups is 1. The van der Waals surface area contributed by atoms with E-state index in [1.165, 1.54) is 0 Å². The van der Waals surface area contributed by atoms with Gasteiger partial charge in [-0.2, -0.15) is 0 Å². The van der Waals surface area contributed by atoms with E-state index in [0.29, 0.717) is 12.2 Å². The van der Waals surface area contributed by atoms with Crippen LogP contribution in [-0.2, 0) is 4.79 Å². The minimum absolute atomic E-state index is 0.544. The van der Waals surface area contributed by atoms with E-state index in [2.05, 4.69) is 10.6 Å². The van der Waals surface area contributed by atoms with Crippen LogP contribution in [0.25, 0.3) is 0 Å². The van der Waals surface area contributed by atoms with E-state index in [1.54, 1.807) is 14.1 Å². The number of carboxylic acid groups (broad SMARTS) is 1. The summed E-state index contributed by atoms with van der Waals surface area (Å²) in [6.07, 6.45) is 1.14. The van der Waals surface area contributed by atoms with E-state index < -0.39 is 5.97 Å². The topological polar surface area (TPSA) is 61.4 Å². The average molecular weight is 144 g/mol. The van der Waals surface area contributed by atoms with Gasteiger partial charge in [0, 0.05) is 25.4 Å². The fraction of sp³-hybridized carbons (Fsp3) is 0.500. The smallest absolute Gasteiger partial charge is 0.330 e. The Morgan fingerprint density at radius 1 is 1.60 bits per heavy atom. The third kappa shape index (κ3) is 3.91. The SMILES string of the molecule is CNC/C(=C/C(=O)O)NC. The summed E-state index contributed by atoms with van der Waals surface area (Å²) in [4.78, 5) is 10.1. The lowest BCUT2D eigenvalue weighted by atomic mass is 10.4. The van der Waals surface area contributed by atoms with Crippen LogP contribution in [0.4, 0.5) is 0 Å². The monoisotopic (exact) mass is 144 g/mol. The molecule has 0 radical (unpaired) electrons. The van der Waals surface area contributed by atoms with Crippen molar-refractivity contribution < 1.29 is 9.90 Å². The molecule has 0 amide bonds. The summed E-state index contributed by atoms with van der Waals surface area (Å²) < 4.78 is 0. The zero-order valence-corrected chi connectivity index (χ0v) is 6.14. The van der Waals surface area contributed by atoms with Gasteiger partial charge in [0.25, 0.3) is 0 Å². The van der Waals surface area contributed by atoms with E-state index in [9.17, 15) is 4.79 Å². The zero-order valence-electron chi connectivity index (χ0n) is 6.14. The van der Waals surface area contributed by atoms with Gasteiger partial charge < -0.3 is 15.7 Å². The van der Waals surface area contributed by atoms with E-state index in [1.807, 2.05) is 0 Å². The first kappa shape index (κ1) is 8.97. The van der Waals surface area contributed by atoms with Crippen LogP contribution < -0.4 is 10.6 Å². The summed E-state index contributed by atoms with van der Waals surface area (Å²) in [6.45, 7) is 0.544. The fourth-order valence-electron chi connectivity index (χ4n) is 0.551. The normalized spacial score (nSPS) is 11.2. The Bertz CT molecular complexity index is 143. The summed E-state index contributed by atoms with van der Waals surface area (Å²) in [7, 11) is 3.44. The maximum Gasteiger partial charge on any atom is 0.330 e. The van der Waals surface area contributed by atoms with E-state index in [4.69, 9.17) is 5.11 Å². The molecule has 0 aromatic rings. The molecular weight excluding hydrogens is 132 g/mol. The number of rotatable bonds is 4. The van der Waals surface area contributed by atoms with Gasteiger partial charge in [0.1, 0.15) is 0 Å². The van der Waals surface area contributed by atoms with Gasteiger partial charge in [0.15, 0.2) is 0 Å². The Labute approximate surface area is 59.9 Å².